The summed E-state index contributed by atoms with van der Waals surface area (Å²) < 4.78 is 0. The summed E-state index contributed by atoms with van der Waals surface area (Å²) in [5, 5.41) is 9.08. The Morgan fingerprint density at radius 1 is 1.18 bits per heavy atom. The van der Waals surface area contributed by atoms with E-state index in [0.717, 1.165) is 16.0 Å². The summed E-state index contributed by atoms with van der Waals surface area (Å²) in [4.78, 5) is 0.956. The molecule has 0 amide bonds. The van der Waals surface area contributed by atoms with Crippen LogP contribution in [0.3, 0.4) is 0 Å². The highest BCUT2D eigenvalue weighted by molar-refractivity contribution is 7.80. The van der Waals surface area contributed by atoms with Gasteiger partial charge in [-0.2, -0.15) is 0 Å². The van der Waals surface area contributed by atoms with Gasteiger partial charge in [-0.1, -0.05) is 7.43 Å². The predicted octanol–water partition coefficient (Wildman–Crippen LogP) is 2.93. The first kappa shape index (κ1) is 10.4. The lowest BCUT2D eigenvalue weighted by Gasteiger charge is -2.02. The van der Waals surface area contributed by atoms with Crippen LogP contribution in [0.2, 0.25) is 0 Å². The summed E-state index contributed by atoms with van der Waals surface area (Å²) in [6.45, 7) is 3.85. The molecule has 2 heteroatoms. The van der Waals surface area contributed by atoms with E-state index in [1.54, 1.807) is 12.1 Å². The van der Waals surface area contributed by atoms with E-state index < -0.39 is 0 Å². The molecule has 0 radical (unpaired) electrons. The van der Waals surface area contributed by atoms with Gasteiger partial charge in [0.05, 0.1) is 0 Å². The Morgan fingerprint density at radius 2 is 1.55 bits per heavy atom. The molecule has 0 aromatic heterocycles. The molecule has 1 aromatic carbocycles. The van der Waals surface area contributed by atoms with Gasteiger partial charge in [-0.3, -0.25) is 0 Å². The number of aryl methyl sites for hydroxylation is 2. The van der Waals surface area contributed by atoms with Crippen LogP contribution in [0.5, 0.6) is 5.75 Å². The lowest BCUT2D eigenvalue weighted by Crippen LogP contribution is -1.80. The number of rotatable bonds is 0. The van der Waals surface area contributed by atoms with Gasteiger partial charge in [0, 0.05) is 4.90 Å². The summed E-state index contributed by atoms with van der Waals surface area (Å²) in [6, 6.07) is 3.41. The van der Waals surface area contributed by atoms with E-state index >= 15 is 0 Å². The van der Waals surface area contributed by atoms with Crippen molar-refractivity contribution < 1.29 is 5.11 Å². The maximum absolute atomic E-state index is 9.08. The molecule has 0 bridgehead atoms. The lowest BCUT2D eigenvalue weighted by atomic mass is 10.1. The molecule has 0 aliphatic heterocycles. The largest absolute Gasteiger partial charge is 0.508 e. The quantitative estimate of drug-likeness (QED) is 0.574. The van der Waals surface area contributed by atoms with Crippen LogP contribution in [0.25, 0.3) is 0 Å². The molecule has 1 N–H and O–H groups in total. The van der Waals surface area contributed by atoms with Gasteiger partial charge in [0.2, 0.25) is 0 Å². The van der Waals surface area contributed by atoms with Crippen molar-refractivity contribution in [3.05, 3.63) is 23.3 Å². The van der Waals surface area contributed by atoms with Crippen LogP contribution in [0.15, 0.2) is 17.0 Å². The highest BCUT2D eigenvalue weighted by Gasteiger charge is 1.98. The number of aromatic hydroxyl groups is 1. The molecule has 0 atom stereocenters. The third-order valence-corrected chi connectivity index (χ3v) is 2.18. The third-order valence-electron chi connectivity index (χ3n) is 1.48. The van der Waals surface area contributed by atoms with E-state index in [4.69, 9.17) is 5.11 Å². The third kappa shape index (κ3) is 2.15. The zero-order valence-electron chi connectivity index (χ0n) is 6.05. The van der Waals surface area contributed by atoms with Crippen LogP contribution in [-0.4, -0.2) is 5.11 Å². The first-order valence-corrected chi connectivity index (χ1v) is 3.55. The highest BCUT2D eigenvalue weighted by atomic mass is 32.1. The average molecular weight is 170 g/mol. The molecule has 0 aliphatic rings. The Labute approximate surface area is 73.5 Å². The molecule has 0 spiro atoms. The minimum absolute atomic E-state index is 0. The molecule has 0 aliphatic carbocycles. The predicted molar refractivity (Wildman–Crippen MR) is 51.6 cm³/mol. The van der Waals surface area contributed by atoms with Gasteiger partial charge in [0.25, 0.3) is 0 Å². The Kier molecular flexibility index (Phi) is 3.46. The van der Waals surface area contributed by atoms with E-state index in [1.165, 1.54) is 0 Å². The van der Waals surface area contributed by atoms with Crippen LogP contribution < -0.4 is 0 Å². The number of hydrogen-bond donors (Lipinski definition) is 2. The normalized spacial score (nSPS) is 9.00. The van der Waals surface area contributed by atoms with Gasteiger partial charge >= 0.3 is 0 Å². The maximum Gasteiger partial charge on any atom is 0.116 e. The molecule has 62 valence electrons. The van der Waals surface area contributed by atoms with Crippen LogP contribution in [-0.2, 0) is 0 Å². The monoisotopic (exact) mass is 170 g/mol. The van der Waals surface area contributed by atoms with Gasteiger partial charge in [0.15, 0.2) is 0 Å². The highest BCUT2D eigenvalue weighted by Crippen LogP contribution is 2.22. The second-order valence-corrected chi connectivity index (χ2v) is 2.88. The molecular formula is C9H14OS. The molecule has 0 unspecified atom stereocenters. The van der Waals surface area contributed by atoms with Crippen molar-refractivity contribution in [1.29, 1.82) is 0 Å². The van der Waals surface area contributed by atoms with Gasteiger partial charge in [-0.25, -0.2) is 0 Å². The molecule has 1 aromatic rings. The van der Waals surface area contributed by atoms with E-state index in [2.05, 4.69) is 12.6 Å². The standard InChI is InChI=1S/C8H10OS.CH4/c1-5-3-7(9)4-6(2)8(5)10;/h3-4,9-10H,1-2H3;1H4. The van der Waals surface area contributed by atoms with E-state index in [1.807, 2.05) is 13.8 Å². The number of phenolic OH excluding ortho intramolecular Hbond substituents is 1. The molecule has 0 saturated carbocycles. The van der Waals surface area contributed by atoms with Crippen LogP contribution >= 0.6 is 12.6 Å². The Bertz CT molecular complexity index is 233. The Hall–Kier alpha value is -0.630. The number of thiol groups is 1. The molecule has 0 saturated heterocycles. The van der Waals surface area contributed by atoms with E-state index in [-0.39, 0.29) is 7.43 Å². The van der Waals surface area contributed by atoms with Crippen molar-refractivity contribution in [2.45, 2.75) is 26.2 Å². The van der Waals surface area contributed by atoms with Crippen LogP contribution in [0, 0.1) is 13.8 Å². The first-order valence-electron chi connectivity index (χ1n) is 3.10. The first-order chi connectivity index (χ1) is 4.61. The van der Waals surface area contributed by atoms with E-state index in [0.29, 0.717) is 5.75 Å². The summed E-state index contributed by atoms with van der Waals surface area (Å²) >= 11 is 4.25. The van der Waals surface area contributed by atoms with Crippen molar-refractivity contribution in [1.82, 2.24) is 0 Å². The van der Waals surface area contributed by atoms with Crippen LogP contribution in [0.4, 0.5) is 0 Å². The molecule has 0 heterocycles. The van der Waals surface area contributed by atoms with Gasteiger partial charge in [-0.05, 0) is 37.1 Å². The number of benzene rings is 1. The minimum atomic E-state index is 0. The van der Waals surface area contributed by atoms with Crippen molar-refractivity contribution >= 4 is 12.6 Å². The zero-order chi connectivity index (χ0) is 7.72. The topological polar surface area (TPSA) is 20.2 Å². The fourth-order valence-electron chi connectivity index (χ4n) is 0.933. The number of hydrogen-bond acceptors (Lipinski definition) is 2. The van der Waals surface area contributed by atoms with Gasteiger partial charge < -0.3 is 5.11 Å². The molecule has 0 fully saturated rings. The maximum atomic E-state index is 9.08. The molecule has 11 heavy (non-hydrogen) atoms. The van der Waals surface area contributed by atoms with Crippen molar-refractivity contribution in [2.24, 2.45) is 0 Å². The summed E-state index contributed by atoms with van der Waals surface area (Å²) in [6.07, 6.45) is 0. The van der Waals surface area contributed by atoms with Gasteiger partial charge in [-0.15, -0.1) is 12.6 Å². The average Bonchev–Trinajstić information content (AvgIpc) is 1.82. The minimum Gasteiger partial charge on any atom is -0.508 e. The van der Waals surface area contributed by atoms with Crippen molar-refractivity contribution in [3.8, 4) is 5.75 Å². The van der Waals surface area contributed by atoms with Crippen LogP contribution in [0.1, 0.15) is 18.6 Å². The smallest absolute Gasteiger partial charge is 0.116 e. The Balaban J connectivity index is 0.000001000. The van der Waals surface area contributed by atoms with Crippen molar-refractivity contribution in [3.63, 3.8) is 0 Å². The number of phenols is 1. The molecule has 1 nitrogen and oxygen atoms in total. The van der Waals surface area contributed by atoms with Crippen molar-refractivity contribution in [2.75, 3.05) is 0 Å². The summed E-state index contributed by atoms with van der Waals surface area (Å²) in [5.41, 5.74) is 2.03. The SMILES string of the molecule is C.Cc1cc(O)cc(C)c1S. The summed E-state index contributed by atoms with van der Waals surface area (Å²) in [5.74, 6) is 0.313. The summed E-state index contributed by atoms with van der Waals surface area (Å²) in [7, 11) is 0. The van der Waals surface area contributed by atoms with E-state index in [9.17, 15) is 0 Å². The zero-order valence-corrected chi connectivity index (χ0v) is 6.94. The Morgan fingerprint density at radius 3 is 1.91 bits per heavy atom. The fourth-order valence-corrected chi connectivity index (χ4v) is 1.06. The molecular weight excluding hydrogens is 156 g/mol. The van der Waals surface area contributed by atoms with Gasteiger partial charge in [0.1, 0.15) is 5.75 Å². The fraction of sp³-hybridized carbons (Fsp3) is 0.333. The second kappa shape index (κ2) is 3.67. The second-order valence-electron chi connectivity index (χ2n) is 2.43. The lowest BCUT2D eigenvalue weighted by molar-refractivity contribution is 0.474. The molecule has 1 rings (SSSR count).